The minimum Gasteiger partial charge on any atom is -0.491 e. The fourth-order valence-electron chi connectivity index (χ4n) is 1.75. The van der Waals surface area contributed by atoms with Crippen LogP contribution in [0.15, 0.2) is 30.3 Å². The van der Waals surface area contributed by atoms with Crippen LogP contribution in [0.25, 0.3) is 0 Å². The molecule has 18 heavy (non-hydrogen) atoms. The molecule has 0 aromatic heterocycles. The Bertz CT molecular complexity index is 286. The number of hydrogen-bond acceptors (Lipinski definition) is 3. The standard InChI is InChI=1S/C15H25NO2/c1-3-14(4-2)16-10-11-17-12-13-18-15-8-6-5-7-9-15/h5-9,14,16H,3-4,10-13H2,1-2H3. The Labute approximate surface area is 110 Å². The van der Waals surface area contributed by atoms with Gasteiger partial charge in [-0.25, -0.2) is 0 Å². The number of rotatable bonds is 10. The van der Waals surface area contributed by atoms with Crippen LogP contribution >= 0.6 is 0 Å². The average molecular weight is 251 g/mol. The Morgan fingerprint density at radius 1 is 1.00 bits per heavy atom. The van der Waals surface area contributed by atoms with Crippen molar-refractivity contribution in [1.29, 1.82) is 0 Å². The third-order valence-electron chi connectivity index (χ3n) is 2.90. The predicted molar refractivity (Wildman–Crippen MR) is 75.1 cm³/mol. The monoisotopic (exact) mass is 251 g/mol. The summed E-state index contributed by atoms with van der Waals surface area (Å²) in [7, 11) is 0. The molecule has 0 aliphatic carbocycles. The fourth-order valence-corrected chi connectivity index (χ4v) is 1.75. The molecule has 3 heteroatoms. The molecule has 0 atom stereocenters. The van der Waals surface area contributed by atoms with Crippen LogP contribution in [0, 0.1) is 0 Å². The Morgan fingerprint density at radius 3 is 2.39 bits per heavy atom. The minimum atomic E-state index is 0.606. The summed E-state index contributed by atoms with van der Waals surface area (Å²) in [5.74, 6) is 0.899. The third-order valence-corrected chi connectivity index (χ3v) is 2.90. The summed E-state index contributed by atoms with van der Waals surface area (Å²) in [6.07, 6.45) is 2.35. The summed E-state index contributed by atoms with van der Waals surface area (Å²) >= 11 is 0. The van der Waals surface area contributed by atoms with Gasteiger partial charge in [0.15, 0.2) is 0 Å². The van der Waals surface area contributed by atoms with Gasteiger partial charge in [-0.2, -0.15) is 0 Å². The van der Waals surface area contributed by atoms with Crippen LogP contribution in [-0.4, -0.2) is 32.4 Å². The Hall–Kier alpha value is -1.06. The van der Waals surface area contributed by atoms with E-state index in [-0.39, 0.29) is 0 Å². The summed E-state index contributed by atoms with van der Waals surface area (Å²) in [6.45, 7) is 7.31. The zero-order valence-corrected chi connectivity index (χ0v) is 11.5. The number of benzene rings is 1. The van der Waals surface area contributed by atoms with Crippen molar-refractivity contribution in [3.8, 4) is 5.75 Å². The van der Waals surface area contributed by atoms with E-state index in [0.717, 1.165) is 18.9 Å². The zero-order chi connectivity index (χ0) is 13.1. The van der Waals surface area contributed by atoms with E-state index >= 15 is 0 Å². The molecule has 0 unspecified atom stereocenters. The van der Waals surface area contributed by atoms with Crippen molar-refractivity contribution < 1.29 is 9.47 Å². The smallest absolute Gasteiger partial charge is 0.119 e. The van der Waals surface area contributed by atoms with Gasteiger partial charge in [-0.3, -0.25) is 0 Å². The molecule has 1 rings (SSSR count). The second-order valence-electron chi connectivity index (χ2n) is 4.24. The summed E-state index contributed by atoms with van der Waals surface area (Å²) in [4.78, 5) is 0. The highest BCUT2D eigenvalue weighted by atomic mass is 16.5. The largest absolute Gasteiger partial charge is 0.491 e. The van der Waals surface area contributed by atoms with Crippen molar-refractivity contribution in [3.63, 3.8) is 0 Å². The second kappa shape index (κ2) is 9.92. The van der Waals surface area contributed by atoms with Crippen LogP contribution in [0.5, 0.6) is 5.75 Å². The molecule has 0 aliphatic rings. The minimum absolute atomic E-state index is 0.606. The Kier molecular flexibility index (Phi) is 8.26. The normalized spacial score (nSPS) is 10.8. The molecule has 0 spiro atoms. The van der Waals surface area contributed by atoms with Crippen LogP contribution in [0.1, 0.15) is 26.7 Å². The van der Waals surface area contributed by atoms with Crippen LogP contribution in [0.2, 0.25) is 0 Å². The first-order chi connectivity index (χ1) is 8.86. The SMILES string of the molecule is CCC(CC)NCCOCCOc1ccccc1. The maximum absolute atomic E-state index is 5.53. The van der Waals surface area contributed by atoms with Crippen molar-refractivity contribution in [3.05, 3.63) is 30.3 Å². The van der Waals surface area contributed by atoms with E-state index in [0.29, 0.717) is 19.3 Å². The molecule has 3 nitrogen and oxygen atoms in total. The van der Waals surface area contributed by atoms with E-state index in [1.54, 1.807) is 0 Å². The second-order valence-corrected chi connectivity index (χ2v) is 4.24. The molecule has 0 aliphatic heterocycles. The van der Waals surface area contributed by atoms with Crippen LogP contribution in [0.4, 0.5) is 0 Å². The van der Waals surface area contributed by atoms with E-state index in [2.05, 4.69) is 19.2 Å². The number of hydrogen-bond donors (Lipinski definition) is 1. The zero-order valence-electron chi connectivity index (χ0n) is 11.5. The van der Waals surface area contributed by atoms with Gasteiger partial charge >= 0.3 is 0 Å². The molecule has 0 heterocycles. The van der Waals surface area contributed by atoms with Crippen molar-refractivity contribution >= 4 is 0 Å². The van der Waals surface area contributed by atoms with Gasteiger partial charge in [0, 0.05) is 12.6 Å². The van der Waals surface area contributed by atoms with Gasteiger partial charge in [0.25, 0.3) is 0 Å². The van der Waals surface area contributed by atoms with Gasteiger partial charge in [0.05, 0.1) is 13.2 Å². The first-order valence-electron chi connectivity index (χ1n) is 6.85. The summed E-state index contributed by atoms with van der Waals surface area (Å²) in [5.41, 5.74) is 0. The molecule has 1 N–H and O–H groups in total. The van der Waals surface area contributed by atoms with Crippen molar-refractivity contribution in [2.75, 3.05) is 26.4 Å². The van der Waals surface area contributed by atoms with Crippen molar-refractivity contribution in [2.45, 2.75) is 32.7 Å². The third kappa shape index (κ3) is 6.62. The van der Waals surface area contributed by atoms with Crippen LogP contribution in [0.3, 0.4) is 0 Å². The first kappa shape index (κ1) is 15.0. The Balaban J connectivity index is 1.93. The lowest BCUT2D eigenvalue weighted by Crippen LogP contribution is -2.31. The highest BCUT2D eigenvalue weighted by Gasteiger charge is 2.00. The summed E-state index contributed by atoms with van der Waals surface area (Å²) in [5, 5.41) is 3.46. The molecule has 102 valence electrons. The molecular formula is C15H25NO2. The number of ether oxygens (including phenoxy) is 2. The van der Waals surface area contributed by atoms with Gasteiger partial charge in [-0.15, -0.1) is 0 Å². The maximum Gasteiger partial charge on any atom is 0.119 e. The molecular weight excluding hydrogens is 226 g/mol. The van der Waals surface area contributed by atoms with Gasteiger partial charge in [0.2, 0.25) is 0 Å². The highest BCUT2D eigenvalue weighted by molar-refractivity contribution is 5.20. The van der Waals surface area contributed by atoms with Gasteiger partial charge in [-0.05, 0) is 25.0 Å². The first-order valence-corrected chi connectivity index (χ1v) is 6.85. The fraction of sp³-hybridized carbons (Fsp3) is 0.600. The van der Waals surface area contributed by atoms with Gasteiger partial charge in [-0.1, -0.05) is 32.0 Å². The molecule has 1 aromatic rings. The summed E-state index contributed by atoms with van der Waals surface area (Å²) < 4.78 is 11.0. The predicted octanol–water partition coefficient (Wildman–Crippen LogP) is 2.86. The van der Waals surface area contributed by atoms with E-state index in [4.69, 9.17) is 9.47 Å². The van der Waals surface area contributed by atoms with Crippen LogP contribution < -0.4 is 10.1 Å². The quantitative estimate of drug-likeness (QED) is 0.649. The number of para-hydroxylation sites is 1. The average Bonchev–Trinajstić information content (AvgIpc) is 2.43. The molecule has 1 aromatic carbocycles. The lowest BCUT2D eigenvalue weighted by Gasteiger charge is -2.14. The molecule has 0 fully saturated rings. The van der Waals surface area contributed by atoms with Gasteiger partial charge < -0.3 is 14.8 Å². The topological polar surface area (TPSA) is 30.5 Å². The highest BCUT2D eigenvalue weighted by Crippen LogP contribution is 2.07. The van der Waals surface area contributed by atoms with E-state index in [1.165, 1.54) is 12.8 Å². The van der Waals surface area contributed by atoms with Crippen molar-refractivity contribution in [2.24, 2.45) is 0 Å². The van der Waals surface area contributed by atoms with Gasteiger partial charge in [0.1, 0.15) is 12.4 Å². The summed E-state index contributed by atoms with van der Waals surface area (Å²) in [6, 6.07) is 10.4. The molecule has 0 radical (unpaired) electrons. The molecule has 0 saturated heterocycles. The van der Waals surface area contributed by atoms with E-state index in [9.17, 15) is 0 Å². The van der Waals surface area contributed by atoms with E-state index < -0.39 is 0 Å². The lowest BCUT2D eigenvalue weighted by atomic mass is 10.2. The van der Waals surface area contributed by atoms with Crippen LogP contribution in [-0.2, 0) is 4.74 Å². The van der Waals surface area contributed by atoms with E-state index in [1.807, 2.05) is 30.3 Å². The molecule has 0 saturated carbocycles. The number of nitrogens with one attached hydrogen (secondary N) is 1. The lowest BCUT2D eigenvalue weighted by molar-refractivity contribution is 0.100. The maximum atomic E-state index is 5.53. The Morgan fingerprint density at radius 2 is 1.72 bits per heavy atom. The molecule has 0 amide bonds. The van der Waals surface area contributed by atoms with Crippen molar-refractivity contribution in [1.82, 2.24) is 5.32 Å². The molecule has 0 bridgehead atoms.